The maximum absolute atomic E-state index is 10.7. The van der Waals surface area contributed by atoms with Gasteiger partial charge < -0.3 is 8.92 Å². The minimum Gasteiger partial charge on any atom is -0.466 e. The highest BCUT2D eigenvalue weighted by Gasteiger charge is 2.38. The summed E-state index contributed by atoms with van der Waals surface area (Å²) in [6.45, 7) is 4.78. The Bertz CT molecular complexity index is 402. The van der Waals surface area contributed by atoms with E-state index in [0.717, 1.165) is 17.9 Å². The molecular weight excluding hydrogens is 248 g/mol. The number of benzene rings is 1. The van der Waals surface area contributed by atoms with Gasteiger partial charge in [-0.25, -0.2) is 0 Å². The monoisotopic (exact) mass is 266 g/mol. The van der Waals surface area contributed by atoms with Crippen molar-refractivity contribution in [1.29, 1.82) is 0 Å². The molecular formula is C14H18O3S. The van der Waals surface area contributed by atoms with Crippen molar-refractivity contribution < 1.29 is 13.7 Å². The van der Waals surface area contributed by atoms with Gasteiger partial charge in [-0.3, -0.25) is 4.79 Å². The normalized spacial score (nSPS) is 21.7. The van der Waals surface area contributed by atoms with Gasteiger partial charge in [-0.1, -0.05) is 17.7 Å². The molecule has 1 fully saturated rings. The minimum absolute atomic E-state index is 0.199. The first kappa shape index (κ1) is 13.4. The highest BCUT2D eigenvalue weighted by Crippen LogP contribution is 2.40. The van der Waals surface area contributed by atoms with E-state index in [2.05, 4.69) is 31.2 Å². The summed E-state index contributed by atoms with van der Waals surface area (Å²) in [5.41, 5.74) is 1.25. The maximum Gasteiger partial charge on any atom is 0.302 e. The quantitative estimate of drug-likeness (QED) is 0.585. The first-order chi connectivity index (χ1) is 8.65. The van der Waals surface area contributed by atoms with Gasteiger partial charge in [0.2, 0.25) is 0 Å². The van der Waals surface area contributed by atoms with E-state index in [9.17, 15) is 4.79 Å². The van der Waals surface area contributed by atoms with Crippen molar-refractivity contribution in [3.05, 3.63) is 29.8 Å². The summed E-state index contributed by atoms with van der Waals surface area (Å²) in [4.78, 5) is 11.8. The molecule has 0 amide bonds. The number of rotatable bonds is 6. The standard InChI is InChI=1S/C14H18O3S/c1-10-3-5-14(6-4-10)18-17-9-13-7-12(13)8-16-11(2)15/h3-6,12-13H,7-9H2,1-2H3. The van der Waals surface area contributed by atoms with Crippen LogP contribution in [0.15, 0.2) is 29.2 Å². The zero-order chi connectivity index (χ0) is 13.0. The molecule has 1 saturated carbocycles. The van der Waals surface area contributed by atoms with E-state index in [-0.39, 0.29) is 5.97 Å². The molecule has 2 rings (SSSR count). The number of hydrogen-bond donors (Lipinski definition) is 0. The molecule has 0 spiro atoms. The van der Waals surface area contributed by atoms with Crippen LogP contribution in [-0.2, 0) is 13.7 Å². The van der Waals surface area contributed by atoms with Crippen molar-refractivity contribution in [3.63, 3.8) is 0 Å². The van der Waals surface area contributed by atoms with Crippen molar-refractivity contribution in [2.45, 2.75) is 25.2 Å². The van der Waals surface area contributed by atoms with E-state index in [4.69, 9.17) is 8.92 Å². The first-order valence-corrected chi connectivity index (χ1v) is 6.89. The molecule has 0 aliphatic heterocycles. The van der Waals surface area contributed by atoms with E-state index in [1.165, 1.54) is 24.5 Å². The lowest BCUT2D eigenvalue weighted by Crippen LogP contribution is -2.04. The molecule has 1 aromatic rings. The molecule has 0 N–H and O–H groups in total. The van der Waals surface area contributed by atoms with Crippen LogP contribution in [-0.4, -0.2) is 19.2 Å². The SMILES string of the molecule is CC(=O)OCC1CC1COSc1ccc(C)cc1. The predicted octanol–water partition coefficient (Wildman–Crippen LogP) is 3.22. The molecule has 0 aromatic heterocycles. The summed E-state index contributed by atoms with van der Waals surface area (Å²) in [5, 5.41) is 0. The topological polar surface area (TPSA) is 35.5 Å². The number of carbonyl (C=O) groups is 1. The first-order valence-electron chi connectivity index (χ1n) is 6.14. The molecule has 2 atom stereocenters. The summed E-state index contributed by atoms with van der Waals surface area (Å²) in [5.74, 6) is 0.838. The fraction of sp³-hybridized carbons (Fsp3) is 0.500. The molecule has 0 radical (unpaired) electrons. The second-order valence-corrected chi connectivity index (χ2v) is 5.61. The Balaban J connectivity index is 1.60. The lowest BCUT2D eigenvalue weighted by atomic mass is 10.2. The Morgan fingerprint density at radius 2 is 1.94 bits per heavy atom. The smallest absolute Gasteiger partial charge is 0.302 e. The van der Waals surface area contributed by atoms with Crippen LogP contribution in [0.1, 0.15) is 18.9 Å². The average Bonchev–Trinajstić information content (AvgIpc) is 3.08. The molecule has 2 unspecified atom stereocenters. The van der Waals surface area contributed by atoms with Crippen LogP contribution in [0.25, 0.3) is 0 Å². The van der Waals surface area contributed by atoms with E-state index in [1.54, 1.807) is 0 Å². The molecule has 0 saturated heterocycles. The molecule has 1 aromatic carbocycles. The third-order valence-electron chi connectivity index (χ3n) is 3.03. The number of hydrogen-bond acceptors (Lipinski definition) is 4. The molecule has 0 heterocycles. The van der Waals surface area contributed by atoms with Gasteiger partial charge in [-0.15, -0.1) is 0 Å². The van der Waals surface area contributed by atoms with Gasteiger partial charge >= 0.3 is 5.97 Å². The lowest BCUT2D eigenvalue weighted by molar-refractivity contribution is -0.141. The Kier molecular flexibility index (Phi) is 4.66. The highest BCUT2D eigenvalue weighted by atomic mass is 32.2. The number of carbonyl (C=O) groups excluding carboxylic acids is 1. The van der Waals surface area contributed by atoms with Crippen molar-refractivity contribution in [3.8, 4) is 0 Å². The van der Waals surface area contributed by atoms with Crippen LogP contribution >= 0.6 is 12.0 Å². The number of aryl methyl sites for hydroxylation is 1. The Morgan fingerprint density at radius 3 is 2.61 bits per heavy atom. The van der Waals surface area contributed by atoms with Crippen molar-refractivity contribution in [2.24, 2.45) is 11.8 Å². The Labute approximate surface area is 112 Å². The van der Waals surface area contributed by atoms with Crippen LogP contribution < -0.4 is 0 Å². The summed E-state index contributed by atoms with van der Waals surface area (Å²) < 4.78 is 10.6. The van der Waals surface area contributed by atoms with Crippen molar-refractivity contribution >= 4 is 18.0 Å². The van der Waals surface area contributed by atoms with Crippen LogP contribution in [0.3, 0.4) is 0 Å². The van der Waals surface area contributed by atoms with E-state index in [0.29, 0.717) is 18.4 Å². The third kappa shape index (κ3) is 4.35. The number of ether oxygens (including phenoxy) is 1. The highest BCUT2D eigenvalue weighted by molar-refractivity contribution is 7.94. The van der Waals surface area contributed by atoms with Crippen LogP contribution in [0.4, 0.5) is 0 Å². The maximum atomic E-state index is 10.7. The second-order valence-electron chi connectivity index (χ2n) is 4.74. The summed E-state index contributed by atoms with van der Waals surface area (Å²) in [6, 6.07) is 8.27. The summed E-state index contributed by atoms with van der Waals surface area (Å²) >= 11 is 1.42. The molecule has 3 nitrogen and oxygen atoms in total. The van der Waals surface area contributed by atoms with Crippen molar-refractivity contribution in [2.75, 3.05) is 13.2 Å². The molecule has 18 heavy (non-hydrogen) atoms. The molecule has 4 heteroatoms. The van der Waals surface area contributed by atoms with Gasteiger partial charge in [-0.2, -0.15) is 0 Å². The van der Waals surface area contributed by atoms with Gasteiger partial charge in [0.25, 0.3) is 0 Å². The van der Waals surface area contributed by atoms with Crippen molar-refractivity contribution in [1.82, 2.24) is 0 Å². The fourth-order valence-corrected chi connectivity index (χ4v) is 2.35. The zero-order valence-corrected chi connectivity index (χ0v) is 11.5. The minimum atomic E-state index is -0.199. The molecule has 1 aliphatic carbocycles. The van der Waals surface area contributed by atoms with Crippen LogP contribution in [0.5, 0.6) is 0 Å². The molecule has 1 aliphatic rings. The summed E-state index contributed by atoms with van der Waals surface area (Å²) in [6.07, 6.45) is 1.10. The van der Waals surface area contributed by atoms with Gasteiger partial charge in [0.15, 0.2) is 0 Å². The summed E-state index contributed by atoms with van der Waals surface area (Å²) in [7, 11) is 0. The van der Waals surface area contributed by atoms with Crippen LogP contribution in [0.2, 0.25) is 0 Å². The van der Waals surface area contributed by atoms with Gasteiger partial charge in [-0.05, 0) is 37.3 Å². The van der Waals surface area contributed by atoms with E-state index >= 15 is 0 Å². The average molecular weight is 266 g/mol. The largest absolute Gasteiger partial charge is 0.466 e. The van der Waals surface area contributed by atoms with Gasteiger partial charge in [0.1, 0.15) is 0 Å². The molecule has 98 valence electrons. The van der Waals surface area contributed by atoms with Gasteiger partial charge in [0, 0.05) is 23.9 Å². The predicted molar refractivity (Wildman–Crippen MR) is 71.2 cm³/mol. The second kappa shape index (κ2) is 6.25. The van der Waals surface area contributed by atoms with E-state index < -0.39 is 0 Å². The van der Waals surface area contributed by atoms with E-state index in [1.807, 2.05) is 0 Å². The molecule has 0 bridgehead atoms. The Morgan fingerprint density at radius 1 is 1.28 bits per heavy atom. The fourth-order valence-electron chi connectivity index (χ4n) is 1.73. The lowest BCUT2D eigenvalue weighted by Gasteiger charge is -2.03. The zero-order valence-electron chi connectivity index (χ0n) is 10.7. The third-order valence-corrected chi connectivity index (χ3v) is 3.75. The van der Waals surface area contributed by atoms with Gasteiger partial charge in [0.05, 0.1) is 13.2 Å². The van der Waals surface area contributed by atoms with Crippen LogP contribution in [0, 0.1) is 18.8 Å². The Hall–Kier alpha value is -1.00. The number of esters is 1.